The Balaban J connectivity index is 2.35. The molecule has 5 heteroatoms. The molecule has 1 saturated heterocycles. The molecule has 0 spiro atoms. The topological polar surface area (TPSA) is 32.7 Å². The molecule has 0 aromatic rings. The van der Waals surface area contributed by atoms with E-state index in [1.54, 1.807) is 0 Å². The lowest BCUT2D eigenvalue weighted by Gasteiger charge is -2.32. The first-order chi connectivity index (χ1) is 4.72. The quantitative estimate of drug-likeness (QED) is 0.370. The lowest BCUT2D eigenvalue weighted by molar-refractivity contribution is -0.0433. The fourth-order valence-electron chi connectivity index (χ4n) is 1.09. The first kappa shape index (κ1) is 8.77. The molecule has 0 aromatic carbocycles. The molecule has 1 N–H and O–H groups in total. The predicted molar refractivity (Wildman–Crippen MR) is 49.9 cm³/mol. The van der Waals surface area contributed by atoms with Crippen LogP contribution in [-0.4, -0.2) is 47.9 Å². The number of rotatable bonds is 1. The van der Waals surface area contributed by atoms with E-state index in [1.807, 2.05) is 7.85 Å². The second kappa shape index (κ2) is 3.89. The van der Waals surface area contributed by atoms with E-state index in [0.29, 0.717) is 0 Å². The van der Waals surface area contributed by atoms with Crippen molar-refractivity contribution in [2.75, 3.05) is 19.7 Å². The summed E-state index contributed by atoms with van der Waals surface area (Å²) in [6.07, 6.45) is 0.0145. The van der Waals surface area contributed by atoms with Crippen LogP contribution in [0.15, 0.2) is 0 Å². The van der Waals surface area contributed by atoms with Gasteiger partial charge in [-0.15, -0.1) is 0 Å². The molecule has 1 aliphatic rings. The van der Waals surface area contributed by atoms with Gasteiger partial charge in [-0.2, -0.15) is 0 Å². The summed E-state index contributed by atoms with van der Waals surface area (Å²) in [7, 11) is 2.02. The molecule has 1 rings (SSSR count). The third-order valence-corrected chi connectivity index (χ3v) is 2.27. The molecule has 58 valence electrons. The second-order valence-corrected chi connectivity index (χ2v) is 3.94. The van der Waals surface area contributed by atoms with Crippen molar-refractivity contribution in [3.63, 3.8) is 0 Å². The molecule has 0 bridgehead atoms. The Kier molecular flexibility index (Phi) is 3.41. The number of halogens is 1. The summed E-state index contributed by atoms with van der Waals surface area (Å²) < 4.78 is 7.56. The van der Waals surface area contributed by atoms with E-state index in [2.05, 4.69) is 26.0 Å². The maximum atomic E-state index is 8.77. The molecular formula is C5H11BINO2. The van der Waals surface area contributed by atoms with Crippen molar-refractivity contribution in [2.24, 2.45) is 0 Å². The number of ether oxygens (including phenoxy) is 1. The van der Waals surface area contributed by atoms with Crippen molar-refractivity contribution in [1.82, 2.24) is 3.11 Å². The highest BCUT2D eigenvalue weighted by molar-refractivity contribution is 14.1. The molecule has 3 nitrogen and oxygen atoms in total. The van der Waals surface area contributed by atoms with Crippen molar-refractivity contribution in [3.05, 3.63) is 0 Å². The second-order valence-electron chi connectivity index (χ2n) is 2.58. The first-order valence-electron chi connectivity index (χ1n) is 3.39. The van der Waals surface area contributed by atoms with Crippen molar-refractivity contribution < 1.29 is 9.84 Å². The molecule has 0 aliphatic carbocycles. The van der Waals surface area contributed by atoms with Crippen LogP contribution in [0.25, 0.3) is 0 Å². The van der Waals surface area contributed by atoms with Gasteiger partial charge in [0.1, 0.15) is 7.85 Å². The molecule has 0 radical (unpaired) electrons. The summed E-state index contributed by atoms with van der Waals surface area (Å²) in [6.45, 7) is 1.92. The highest BCUT2D eigenvalue weighted by atomic mass is 127. The monoisotopic (exact) mass is 255 g/mol. The van der Waals surface area contributed by atoms with Gasteiger partial charge in [0.25, 0.3) is 0 Å². The molecule has 10 heavy (non-hydrogen) atoms. The Morgan fingerprint density at radius 3 is 2.90 bits per heavy atom. The Hall–Kier alpha value is 0.675. The van der Waals surface area contributed by atoms with Crippen molar-refractivity contribution in [1.29, 1.82) is 0 Å². The lowest BCUT2D eigenvalue weighted by Crippen LogP contribution is -2.44. The molecule has 1 heterocycles. The number of nitrogens with zero attached hydrogens (tertiary/aromatic N) is 1. The van der Waals surface area contributed by atoms with Gasteiger partial charge < -0.3 is 9.84 Å². The number of hydrogen-bond donors (Lipinski definition) is 1. The highest BCUT2D eigenvalue weighted by Crippen LogP contribution is 2.12. The fourth-order valence-corrected chi connectivity index (χ4v) is 2.08. The zero-order valence-electron chi connectivity index (χ0n) is 5.96. The predicted octanol–water partition coefficient (Wildman–Crippen LogP) is -1.01. The number of morpholine rings is 1. The molecule has 0 saturated carbocycles. The van der Waals surface area contributed by atoms with Crippen molar-refractivity contribution in [2.45, 2.75) is 12.1 Å². The Morgan fingerprint density at radius 2 is 2.40 bits per heavy atom. The zero-order chi connectivity index (χ0) is 7.56. The van der Waals surface area contributed by atoms with Crippen LogP contribution in [0.2, 0.25) is 0 Å². The maximum absolute atomic E-state index is 8.77. The van der Waals surface area contributed by atoms with Crippen LogP contribution in [0, 0.1) is 0 Å². The fraction of sp³-hybridized carbons (Fsp3) is 1.00. The minimum absolute atomic E-state index is 0.0145. The SMILES string of the molecule is BC1CN(I)CC(CO)O1. The van der Waals surface area contributed by atoms with Crippen molar-refractivity contribution in [3.8, 4) is 0 Å². The highest BCUT2D eigenvalue weighted by Gasteiger charge is 2.22. The standard InChI is InChI=1S/C5H11BINO2/c6-5-2-8(7)1-4(3-9)10-5/h4-5,9H,1-3,6H2. The van der Waals surface area contributed by atoms with Gasteiger partial charge in [-0.3, -0.25) is 0 Å². The van der Waals surface area contributed by atoms with Crippen LogP contribution in [0.1, 0.15) is 0 Å². The smallest absolute Gasteiger partial charge is 0.140 e. The molecule has 1 aliphatic heterocycles. The molecule has 0 amide bonds. The Morgan fingerprint density at radius 1 is 1.70 bits per heavy atom. The van der Waals surface area contributed by atoms with E-state index >= 15 is 0 Å². The van der Waals surface area contributed by atoms with Gasteiger partial charge in [-0.1, -0.05) is 0 Å². The first-order valence-corrected chi connectivity index (χ1v) is 4.36. The summed E-state index contributed by atoms with van der Waals surface area (Å²) in [6, 6.07) is 0.253. The van der Waals surface area contributed by atoms with E-state index in [9.17, 15) is 0 Å². The molecule has 2 atom stereocenters. The van der Waals surface area contributed by atoms with Crippen LogP contribution in [0.4, 0.5) is 0 Å². The van der Waals surface area contributed by atoms with E-state index in [-0.39, 0.29) is 18.7 Å². The van der Waals surface area contributed by atoms with Crippen LogP contribution < -0.4 is 0 Å². The molecule has 2 unspecified atom stereocenters. The lowest BCUT2D eigenvalue weighted by atomic mass is 9.98. The van der Waals surface area contributed by atoms with Crippen LogP contribution >= 0.6 is 22.9 Å². The van der Waals surface area contributed by atoms with Gasteiger partial charge >= 0.3 is 0 Å². The normalized spacial score (nSPS) is 36.2. The minimum atomic E-state index is 0.0145. The third-order valence-electron chi connectivity index (χ3n) is 1.49. The summed E-state index contributed by atoms with van der Waals surface area (Å²) in [5.41, 5.74) is 0. The van der Waals surface area contributed by atoms with Crippen LogP contribution in [-0.2, 0) is 4.74 Å². The number of aliphatic hydroxyl groups excluding tert-OH is 1. The Bertz CT molecular complexity index is 106. The van der Waals surface area contributed by atoms with Gasteiger partial charge in [0.2, 0.25) is 0 Å². The Labute approximate surface area is 75.6 Å². The summed E-state index contributed by atoms with van der Waals surface area (Å²) in [5.74, 6) is 0. The maximum Gasteiger partial charge on any atom is 0.140 e. The summed E-state index contributed by atoms with van der Waals surface area (Å²) in [4.78, 5) is 0. The van der Waals surface area contributed by atoms with E-state index in [0.717, 1.165) is 13.1 Å². The van der Waals surface area contributed by atoms with Crippen molar-refractivity contribution >= 4 is 30.7 Å². The van der Waals surface area contributed by atoms with E-state index in [4.69, 9.17) is 9.84 Å². The largest absolute Gasteiger partial charge is 0.394 e. The zero-order valence-corrected chi connectivity index (χ0v) is 8.11. The summed E-state index contributed by atoms with van der Waals surface area (Å²) >= 11 is 2.25. The average molecular weight is 255 g/mol. The van der Waals surface area contributed by atoms with Crippen LogP contribution in [0.5, 0.6) is 0 Å². The van der Waals surface area contributed by atoms with Gasteiger partial charge in [0.15, 0.2) is 0 Å². The van der Waals surface area contributed by atoms with Gasteiger partial charge in [-0.05, 0) is 0 Å². The van der Waals surface area contributed by atoms with Crippen LogP contribution in [0.3, 0.4) is 0 Å². The third kappa shape index (κ3) is 2.37. The molecular weight excluding hydrogens is 244 g/mol. The minimum Gasteiger partial charge on any atom is -0.394 e. The van der Waals surface area contributed by atoms with Gasteiger partial charge in [-0.25, -0.2) is 3.11 Å². The molecule has 0 aromatic heterocycles. The van der Waals surface area contributed by atoms with Gasteiger partial charge in [0, 0.05) is 42.0 Å². The molecule has 1 fully saturated rings. The van der Waals surface area contributed by atoms with E-state index < -0.39 is 0 Å². The summed E-state index contributed by atoms with van der Waals surface area (Å²) in [5, 5.41) is 8.77. The average Bonchev–Trinajstić information content (AvgIpc) is 1.85. The van der Waals surface area contributed by atoms with Gasteiger partial charge in [0.05, 0.1) is 12.7 Å². The number of aliphatic hydroxyl groups is 1. The number of hydrogen-bond acceptors (Lipinski definition) is 3. The van der Waals surface area contributed by atoms with E-state index in [1.165, 1.54) is 0 Å².